The quantitative estimate of drug-likeness (QED) is 0.598. The summed E-state index contributed by atoms with van der Waals surface area (Å²) in [6, 6.07) is 3.16. The van der Waals surface area contributed by atoms with Crippen molar-refractivity contribution in [3.05, 3.63) is 34.1 Å². The molecular formula is C8H7Cl2F. The molecule has 0 radical (unpaired) electrons. The van der Waals surface area contributed by atoms with E-state index in [1.807, 2.05) is 0 Å². The van der Waals surface area contributed by atoms with Crippen molar-refractivity contribution in [2.24, 2.45) is 0 Å². The van der Waals surface area contributed by atoms with Gasteiger partial charge in [-0.2, -0.15) is 0 Å². The van der Waals surface area contributed by atoms with E-state index in [0.717, 1.165) is 5.56 Å². The normalized spacial score (nSPS) is 10.2. The van der Waals surface area contributed by atoms with Crippen LogP contribution < -0.4 is 0 Å². The van der Waals surface area contributed by atoms with Crippen molar-refractivity contribution in [3.63, 3.8) is 0 Å². The lowest BCUT2D eigenvalue weighted by Crippen LogP contribution is -1.87. The van der Waals surface area contributed by atoms with Gasteiger partial charge in [0, 0.05) is 5.88 Å². The van der Waals surface area contributed by atoms with Crippen LogP contribution in [0.2, 0.25) is 5.02 Å². The number of halogens is 3. The summed E-state index contributed by atoms with van der Waals surface area (Å²) in [4.78, 5) is 0. The van der Waals surface area contributed by atoms with Gasteiger partial charge in [0.05, 0.1) is 5.02 Å². The van der Waals surface area contributed by atoms with Gasteiger partial charge in [0.25, 0.3) is 0 Å². The maximum Gasteiger partial charge on any atom is 0.142 e. The van der Waals surface area contributed by atoms with Crippen molar-refractivity contribution < 1.29 is 4.39 Å². The number of rotatable bonds is 1. The maximum absolute atomic E-state index is 12.8. The molecule has 3 heteroatoms. The standard InChI is InChI=1S/C8H7Cl2F/c1-5-2-6(4-9)8(10)7(11)3-5/h2-3H,4H2,1H3. The van der Waals surface area contributed by atoms with Gasteiger partial charge in [-0.3, -0.25) is 0 Å². The van der Waals surface area contributed by atoms with Crippen LogP contribution in [0.5, 0.6) is 0 Å². The summed E-state index contributed by atoms with van der Waals surface area (Å²) >= 11 is 11.1. The lowest BCUT2D eigenvalue weighted by Gasteiger charge is -2.02. The monoisotopic (exact) mass is 192 g/mol. The summed E-state index contributed by atoms with van der Waals surface area (Å²) in [5, 5.41) is 0.130. The molecule has 0 N–H and O–H groups in total. The molecular weight excluding hydrogens is 186 g/mol. The number of benzene rings is 1. The molecule has 0 aliphatic rings. The first kappa shape index (κ1) is 8.82. The number of hydrogen-bond donors (Lipinski definition) is 0. The van der Waals surface area contributed by atoms with Gasteiger partial charge in [-0.15, -0.1) is 11.6 Å². The van der Waals surface area contributed by atoms with E-state index in [-0.39, 0.29) is 10.9 Å². The van der Waals surface area contributed by atoms with Gasteiger partial charge in [0.1, 0.15) is 5.82 Å². The van der Waals surface area contributed by atoms with E-state index in [4.69, 9.17) is 23.2 Å². The molecule has 0 saturated heterocycles. The summed E-state index contributed by atoms with van der Waals surface area (Å²) in [7, 11) is 0. The van der Waals surface area contributed by atoms with E-state index >= 15 is 0 Å². The molecule has 0 aromatic heterocycles. The zero-order valence-electron chi connectivity index (χ0n) is 6.00. The third kappa shape index (κ3) is 1.85. The van der Waals surface area contributed by atoms with Crippen molar-refractivity contribution in [2.45, 2.75) is 12.8 Å². The number of hydrogen-bond acceptors (Lipinski definition) is 0. The Morgan fingerprint density at radius 3 is 2.64 bits per heavy atom. The van der Waals surface area contributed by atoms with E-state index < -0.39 is 5.82 Å². The van der Waals surface area contributed by atoms with Crippen molar-refractivity contribution in [3.8, 4) is 0 Å². The Bertz CT molecular complexity index is 271. The third-order valence-corrected chi connectivity index (χ3v) is 2.10. The zero-order chi connectivity index (χ0) is 8.43. The average Bonchev–Trinajstić information content (AvgIpc) is 1.96. The Kier molecular flexibility index (Phi) is 2.74. The van der Waals surface area contributed by atoms with Crippen LogP contribution in [0.4, 0.5) is 4.39 Å². The van der Waals surface area contributed by atoms with Crippen LogP contribution in [-0.2, 0) is 5.88 Å². The Labute approximate surface area is 74.9 Å². The van der Waals surface area contributed by atoms with E-state index in [1.165, 1.54) is 6.07 Å². The summed E-state index contributed by atoms with van der Waals surface area (Å²) in [6.45, 7) is 1.80. The molecule has 0 nitrogen and oxygen atoms in total. The molecule has 1 aromatic carbocycles. The first-order valence-corrected chi connectivity index (χ1v) is 4.07. The Morgan fingerprint density at radius 2 is 2.09 bits per heavy atom. The minimum Gasteiger partial charge on any atom is -0.205 e. The molecule has 1 rings (SSSR count). The molecule has 1 aromatic rings. The van der Waals surface area contributed by atoms with Gasteiger partial charge in [0.15, 0.2) is 0 Å². The van der Waals surface area contributed by atoms with E-state index in [1.54, 1.807) is 13.0 Å². The summed E-state index contributed by atoms with van der Waals surface area (Å²) in [5.74, 6) is -0.153. The minimum atomic E-state index is -0.401. The van der Waals surface area contributed by atoms with Crippen LogP contribution >= 0.6 is 23.2 Å². The maximum atomic E-state index is 12.8. The summed E-state index contributed by atoms with van der Waals surface area (Å²) in [5.41, 5.74) is 1.48. The van der Waals surface area contributed by atoms with Crippen LogP contribution in [0.15, 0.2) is 12.1 Å². The highest BCUT2D eigenvalue weighted by Crippen LogP contribution is 2.22. The Hall–Kier alpha value is -0.270. The van der Waals surface area contributed by atoms with E-state index in [9.17, 15) is 4.39 Å². The molecule has 11 heavy (non-hydrogen) atoms. The molecule has 0 amide bonds. The first-order chi connectivity index (χ1) is 5.15. The molecule has 0 aliphatic heterocycles. The van der Waals surface area contributed by atoms with Gasteiger partial charge < -0.3 is 0 Å². The molecule has 0 bridgehead atoms. The fraction of sp³-hybridized carbons (Fsp3) is 0.250. The second kappa shape index (κ2) is 3.42. The van der Waals surface area contributed by atoms with Crippen LogP contribution in [0.25, 0.3) is 0 Å². The highest BCUT2D eigenvalue weighted by molar-refractivity contribution is 6.32. The Morgan fingerprint density at radius 1 is 1.45 bits per heavy atom. The first-order valence-electron chi connectivity index (χ1n) is 3.15. The molecule has 0 saturated carbocycles. The average molecular weight is 193 g/mol. The second-order valence-corrected chi connectivity index (χ2v) is 3.00. The molecule has 0 heterocycles. The van der Waals surface area contributed by atoms with Crippen LogP contribution in [-0.4, -0.2) is 0 Å². The molecule has 0 spiro atoms. The predicted molar refractivity (Wildman–Crippen MR) is 45.7 cm³/mol. The van der Waals surface area contributed by atoms with Gasteiger partial charge in [-0.1, -0.05) is 17.7 Å². The van der Waals surface area contributed by atoms with Crippen LogP contribution in [0.1, 0.15) is 11.1 Å². The van der Waals surface area contributed by atoms with E-state index in [2.05, 4.69) is 0 Å². The number of alkyl halides is 1. The lowest BCUT2D eigenvalue weighted by atomic mass is 10.1. The fourth-order valence-electron chi connectivity index (χ4n) is 0.894. The van der Waals surface area contributed by atoms with Gasteiger partial charge >= 0.3 is 0 Å². The van der Waals surface area contributed by atoms with Crippen molar-refractivity contribution in [2.75, 3.05) is 0 Å². The van der Waals surface area contributed by atoms with Crippen LogP contribution in [0, 0.1) is 12.7 Å². The summed E-state index contributed by atoms with van der Waals surface area (Å²) < 4.78 is 12.8. The van der Waals surface area contributed by atoms with Crippen molar-refractivity contribution in [1.82, 2.24) is 0 Å². The molecule has 60 valence electrons. The number of aryl methyl sites for hydroxylation is 1. The van der Waals surface area contributed by atoms with Crippen LogP contribution in [0.3, 0.4) is 0 Å². The second-order valence-electron chi connectivity index (χ2n) is 2.35. The van der Waals surface area contributed by atoms with Gasteiger partial charge in [-0.25, -0.2) is 4.39 Å². The predicted octanol–water partition coefficient (Wildman–Crippen LogP) is 3.53. The van der Waals surface area contributed by atoms with Crippen molar-refractivity contribution >= 4 is 23.2 Å². The molecule has 0 unspecified atom stereocenters. The van der Waals surface area contributed by atoms with Gasteiger partial charge in [-0.05, 0) is 24.1 Å². The Balaban J connectivity index is 3.24. The highest BCUT2D eigenvalue weighted by atomic mass is 35.5. The summed E-state index contributed by atoms with van der Waals surface area (Å²) in [6.07, 6.45) is 0. The third-order valence-electron chi connectivity index (χ3n) is 1.39. The van der Waals surface area contributed by atoms with Gasteiger partial charge in [0.2, 0.25) is 0 Å². The van der Waals surface area contributed by atoms with E-state index in [0.29, 0.717) is 5.56 Å². The zero-order valence-corrected chi connectivity index (χ0v) is 7.51. The van der Waals surface area contributed by atoms with Crippen molar-refractivity contribution in [1.29, 1.82) is 0 Å². The topological polar surface area (TPSA) is 0 Å². The minimum absolute atomic E-state index is 0.130. The highest BCUT2D eigenvalue weighted by Gasteiger charge is 2.05. The lowest BCUT2D eigenvalue weighted by molar-refractivity contribution is 0.625. The fourth-order valence-corrected chi connectivity index (χ4v) is 1.35. The smallest absolute Gasteiger partial charge is 0.142 e. The molecule has 0 aliphatic carbocycles. The molecule has 0 atom stereocenters. The SMILES string of the molecule is Cc1cc(F)c(Cl)c(CCl)c1. The molecule has 0 fully saturated rings. The largest absolute Gasteiger partial charge is 0.205 e.